The van der Waals surface area contributed by atoms with E-state index in [1.54, 1.807) is 7.11 Å². The molecule has 1 amide bonds. The minimum atomic E-state index is -0.0337. The van der Waals surface area contributed by atoms with E-state index in [1.165, 1.54) is 0 Å². The number of aliphatic hydroxyl groups excluding tert-OH is 1. The van der Waals surface area contributed by atoms with Gasteiger partial charge in [0.25, 0.3) is 0 Å². The van der Waals surface area contributed by atoms with Crippen molar-refractivity contribution >= 4 is 5.91 Å². The predicted molar refractivity (Wildman–Crippen MR) is 45.8 cm³/mol. The van der Waals surface area contributed by atoms with Gasteiger partial charge >= 0.3 is 0 Å². The fourth-order valence-electron chi connectivity index (χ4n) is 0.746. The molecule has 0 saturated heterocycles. The zero-order valence-corrected chi connectivity index (χ0v) is 7.67. The van der Waals surface area contributed by atoms with Crippen molar-refractivity contribution in [3.8, 4) is 0 Å². The van der Waals surface area contributed by atoms with Gasteiger partial charge in [0, 0.05) is 26.7 Å². The Bertz CT molecular complexity index is 127. The number of carbonyl (C=O) groups is 1. The molecule has 0 rings (SSSR count). The highest BCUT2D eigenvalue weighted by atomic mass is 16.5. The minimum Gasteiger partial charge on any atom is -0.396 e. The number of hydrogen-bond donors (Lipinski definition) is 2. The molecule has 0 bridgehead atoms. The van der Waals surface area contributed by atoms with Crippen LogP contribution < -0.4 is 5.32 Å². The average Bonchev–Trinajstić information content (AvgIpc) is 2.05. The summed E-state index contributed by atoms with van der Waals surface area (Å²) in [5, 5.41) is 11.3. The van der Waals surface area contributed by atoms with Crippen molar-refractivity contribution in [3.05, 3.63) is 0 Å². The van der Waals surface area contributed by atoms with Gasteiger partial charge in [-0.2, -0.15) is 0 Å². The van der Waals surface area contributed by atoms with Crippen LogP contribution in [0.2, 0.25) is 0 Å². The quantitative estimate of drug-likeness (QED) is 0.548. The molecule has 2 N–H and O–H groups in total. The molecule has 0 spiro atoms. The number of carbonyl (C=O) groups excluding carboxylic acids is 1. The first-order valence-corrected chi connectivity index (χ1v) is 4.07. The molecule has 0 aliphatic rings. The van der Waals surface area contributed by atoms with E-state index in [1.807, 2.05) is 6.92 Å². The van der Waals surface area contributed by atoms with Crippen molar-refractivity contribution in [1.29, 1.82) is 0 Å². The summed E-state index contributed by atoms with van der Waals surface area (Å²) in [4.78, 5) is 11.0. The Morgan fingerprint density at radius 3 is 2.83 bits per heavy atom. The van der Waals surface area contributed by atoms with Gasteiger partial charge in [-0.1, -0.05) is 6.92 Å². The molecular formula is C8H17NO3. The Balaban J connectivity index is 3.33. The summed E-state index contributed by atoms with van der Waals surface area (Å²) in [6.45, 7) is 2.94. The maximum Gasteiger partial charge on any atom is 0.220 e. The first-order valence-electron chi connectivity index (χ1n) is 4.07. The van der Waals surface area contributed by atoms with Gasteiger partial charge in [0.1, 0.15) is 0 Å². The lowest BCUT2D eigenvalue weighted by atomic mass is 10.1. The van der Waals surface area contributed by atoms with Gasteiger partial charge in [0.05, 0.1) is 6.61 Å². The topological polar surface area (TPSA) is 58.6 Å². The molecule has 4 nitrogen and oxygen atoms in total. The molecule has 1 unspecified atom stereocenters. The van der Waals surface area contributed by atoms with Crippen molar-refractivity contribution in [1.82, 2.24) is 5.32 Å². The van der Waals surface area contributed by atoms with E-state index in [9.17, 15) is 4.79 Å². The number of ether oxygens (including phenoxy) is 1. The van der Waals surface area contributed by atoms with E-state index in [-0.39, 0.29) is 18.4 Å². The second-order valence-electron chi connectivity index (χ2n) is 2.83. The van der Waals surface area contributed by atoms with Crippen LogP contribution in [-0.4, -0.2) is 37.9 Å². The smallest absolute Gasteiger partial charge is 0.220 e. The number of amides is 1. The highest BCUT2D eigenvalue weighted by molar-refractivity contribution is 5.76. The van der Waals surface area contributed by atoms with E-state index < -0.39 is 0 Å². The Morgan fingerprint density at radius 2 is 2.33 bits per heavy atom. The third kappa shape index (κ3) is 6.12. The zero-order chi connectivity index (χ0) is 9.40. The van der Waals surface area contributed by atoms with Crippen molar-refractivity contribution in [3.63, 3.8) is 0 Å². The zero-order valence-electron chi connectivity index (χ0n) is 7.67. The Morgan fingerprint density at radius 1 is 1.67 bits per heavy atom. The molecule has 0 saturated carbocycles. The van der Waals surface area contributed by atoms with Gasteiger partial charge in [-0.25, -0.2) is 0 Å². The summed E-state index contributed by atoms with van der Waals surface area (Å²) < 4.78 is 4.76. The van der Waals surface area contributed by atoms with Gasteiger partial charge in [0.2, 0.25) is 5.91 Å². The van der Waals surface area contributed by atoms with Crippen LogP contribution in [0.4, 0.5) is 0 Å². The van der Waals surface area contributed by atoms with E-state index >= 15 is 0 Å². The van der Waals surface area contributed by atoms with Crippen LogP contribution in [0.15, 0.2) is 0 Å². The van der Waals surface area contributed by atoms with Gasteiger partial charge in [-0.15, -0.1) is 0 Å². The molecule has 0 aliphatic carbocycles. The van der Waals surface area contributed by atoms with Crippen LogP contribution >= 0.6 is 0 Å². The van der Waals surface area contributed by atoms with Crippen LogP contribution in [0.1, 0.15) is 13.3 Å². The van der Waals surface area contributed by atoms with Crippen molar-refractivity contribution in [2.24, 2.45) is 5.92 Å². The molecule has 72 valence electrons. The van der Waals surface area contributed by atoms with Crippen molar-refractivity contribution in [2.75, 3.05) is 26.9 Å². The molecule has 0 heterocycles. The fraction of sp³-hybridized carbons (Fsp3) is 0.875. The second kappa shape index (κ2) is 7.06. The van der Waals surface area contributed by atoms with Crippen molar-refractivity contribution < 1.29 is 14.6 Å². The molecular weight excluding hydrogens is 158 g/mol. The molecule has 1 atom stereocenters. The summed E-state index contributed by atoms with van der Waals surface area (Å²) in [6, 6.07) is 0. The molecule has 0 aromatic heterocycles. The first kappa shape index (κ1) is 11.4. The number of nitrogens with one attached hydrogen (secondary N) is 1. The summed E-state index contributed by atoms with van der Waals surface area (Å²) >= 11 is 0. The lowest BCUT2D eigenvalue weighted by Gasteiger charge is -2.07. The monoisotopic (exact) mass is 175 g/mol. The minimum absolute atomic E-state index is 0.0337. The number of rotatable bonds is 6. The van der Waals surface area contributed by atoms with Gasteiger partial charge in [0.15, 0.2) is 0 Å². The van der Waals surface area contributed by atoms with E-state index in [0.29, 0.717) is 19.6 Å². The van der Waals surface area contributed by atoms with Crippen LogP contribution in [0.5, 0.6) is 0 Å². The van der Waals surface area contributed by atoms with E-state index in [4.69, 9.17) is 9.84 Å². The molecule has 0 aliphatic heterocycles. The molecule has 12 heavy (non-hydrogen) atoms. The highest BCUT2D eigenvalue weighted by Gasteiger charge is 2.06. The van der Waals surface area contributed by atoms with Gasteiger partial charge in [-0.3, -0.25) is 4.79 Å². The summed E-state index contributed by atoms with van der Waals surface area (Å²) in [6.07, 6.45) is 0.375. The number of hydrogen-bond acceptors (Lipinski definition) is 3. The van der Waals surface area contributed by atoms with Crippen LogP contribution in [0, 0.1) is 5.92 Å². The lowest BCUT2D eigenvalue weighted by Crippen LogP contribution is -2.28. The maximum atomic E-state index is 11.0. The number of methoxy groups -OCH3 is 1. The van der Waals surface area contributed by atoms with Crippen LogP contribution in [0.25, 0.3) is 0 Å². The average molecular weight is 175 g/mol. The van der Waals surface area contributed by atoms with Crippen LogP contribution in [0.3, 0.4) is 0 Å². The van der Waals surface area contributed by atoms with Crippen LogP contribution in [-0.2, 0) is 9.53 Å². The molecule has 0 aromatic carbocycles. The molecule has 4 heteroatoms. The summed E-state index contributed by atoms with van der Waals surface area (Å²) in [5.41, 5.74) is 0. The Kier molecular flexibility index (Phi) is 6.70. The van der Waals surface area contributed by atoms with Gasteiger partial charge < -0.3 is 15.2 Å². The fourth-order valence-corrected chi connectivity index (χ4v) is 0.746. The third-order valence-electron chi connectivity index (χ3n) is 1.47. The predicted octanol–water partition coefficient (Wildman–Crippen LogP) is -0.233. The highest BCUT2D eigenvalue weighted by Crippen LogP contribution is 1.98. The normalized spacial score (nSPS) is 12.6. The maximum absolute atomic E-state index is 11.0. The first-order chi connectivity index (χ1) is 5.70. The SMILES string of the molecule is COCCNC(=O)CC(C)CO. The van der Waals surface area contributed by atoms with E-state index in [0.717, 1.165) is 0 Å². The standard InChI is InChI=1S/C8H17NO3/c1-7(6-10)5-8(11)9-3-4-12-2/h7,10H,3-6H2,1-2H3,(H,9,11). The van der Waals surface area contributed by atoms with E-state index in [2.05, 4.69) is 5.32 Å². The Hall–Kier alpha value is -0.610. The van der Waals surface area contributed by atoms with Crippen molar-refractivity contribution in [2.45, 2.75) is 13.3 Å². The second-order valence-corrected chi connectivity index (χ2v) is 2.83. The summed E-state index contributed by atoms with van der Waals surface area (Å²) in [5.74, 6) is 0.00106. The van der Waals surface area contributed by atoms with Gasteiger partial charge in [-0.05, 0) is 5.92 Å². The Labute approximate surface area is 72.9 Å². The third-order valence-corrected chi connectivity index (χ3v) is 1.47. The molecule has 0 aromatic rings. The lowest BCUT2D eigenvalue weighted by molar-refractivity contribution is -0.122. The summed E-state index contributed by atoms with van der Waals surface area (Å²) in [7, 11) is 1.59. The molecule has 0 radical (unpaired) electrons. The molecule has 0 fully saturated rings. The largest absolute Gasteiger partial charge is 0.396 e. The number of aliphatic hydroxyl groups is 1.